The average molecular weight is 703 g/mol. The molecule has 0 aliphatic carbocycles. The molecular weight excluding hydrogens is 646 g/mol. The molecule has 11 heteroatoms. The Bertz CT molecular complexity index is 1590. The summed E-state index contributed by atoms with van der Waals surface area (Å²) in [5.41, 5.74) is 3.81. The lowest BCUT2D eigenvalue weighted by molar-refractivity contribution is -0.950. The second kappa shape index (κ2) is 18.0. The van der Waals surface area contributed by atoms with Gasteiger partial charge in [-0.05, 0) is 33.9 Å². The predicted molar refractivity (Wildman–Crippen MR) is 198 cm³/mol. The van der Waals surface area contributed by atoms with Gasteiger partial charge in [0.2, 0.25) is 5.91 Å². The first-order valence-electron chi connectivity index (χ1n) is 17.4. The highest BCUT2D eigenvalue weighted by Crippen LogP contribution is 2.25. The van der Waals surface area contributed by atoms with Crippen LogP contribution in [0, 0.1) is 10.8 Å². The van der Waals surface area contributed by atoms with Crippen molar-refractivity contribution >= 4 is 23.8 Å². The van der Waals surface area contributed by atoms with Crippen LogP contribution in [0.4, 0.5) is 4.79 Å². The van der Waals surface area contributed by atoms with Crippen molar-refractivity contribution in [1.29, 1.82) is 0 Å². The number of methoxy groups -OCH3 is 1. The molecule has 3 aromatic carbocycles. The lowest BCUT2D eigenvalue weighted by Gasteiger charge is -2.34. The highest BCUT2D eigenvalue weighted by molar-refractivity contribution is 5.92. The van der Waals surface area contributed by atoms with Crippen molar-refractivity contribution in [3.63, 3.8) is 0 Å². The van der Waals surface area contributed by atoms with Crippen molar-refractivity contribution in [3.05, 3.63) is 96.1 Å². The molecule has 4 atom stereocenters. The van der Waals surface area contributed by atoms with E-state index >= 15 is 0 Å². The van der Waals surface area contributed by atoms with E-state index in [-0.39, 0.29) is 18.7 Å². The van der Waals surface area contributed by atoms with Crippen LogP contribution in [0.5, 0.6) is 0 Å². The number of alkyl carbamates (subject to hydrolysis) is 1. The van der Waals surface area contributed by atoms with Crippen LogP contribution in [0.2, 0.25) is 0 Å². The van der Waals surface area contributed by atoms with Crippen LogP contribution in [0.3, 0.4) is 0 Å². The van der Waals surface area contributed by atoms with Gasteiger partial charge in [-0.25, -0.2) is 15.2 Å². The van der Waals surface area contributed by atoms with Crippen LogP contribution in [-0.4, -0.2) is 67.3 Å². The fourth-order valence-electron chi connectivity index (χ4n) is 5.88. The molecule has 0 radical (unpaired) electrons. The molecule has 0 aromatic heterocycles. The number of quaternary nitrogens is 1. The van der Waals surface area contributed by atoms with Crippen molar-refractivity contribution in [2.24, 2.45) is 10.8 Å². The van der Waals surface area contributed by atoms with Crippen molar-refractivity contribution in [3.8, 4) is 11.1 Å². The van der Waals surface area contributed by atoms with Crippen molar-refractivity contribution in [1.82, 2.24) is 21.4 Å². The van der Waals surface area contributed by atoms with Crippen LogP contribution in [0.1, 0.15) is 65.5 Å². The van der Waals surface area contributed by atoms with E-state index in [2.05, 4.69) is 21.4 Å². The van der Waals surface area contributed by atoms with Crippen molar-refractivity contribution in [2.45, 2.75) is 85.0 Å². The Morgan fingerprint density at radius 2 is 1.25 bits per heavy atom. The smallest absolute Gasteiger partial charge is 0.407 e. The molecule has 4 amide bonds. The van der Waals surface area contributed by atoms with Gasteiger partial charge in [0.05, 0.1) is 13.7 Å². The van der Waals surface area contributed by atoms with Gasteiger partial charge < -0.3 is 25.8 Å². The van der Waals surface area contributed by atoms with Crippen LogP contribution in [0.25, 0.3) is 11.1 Å². The summed E-state index contributed by atoms with van der Waals surface area (Å²) in [7, 11) is 2.75. The Morgan fingerprint density at radius 3 is 1.78 bits per heavy atom. The monoisotopic (exact) mass is 702 g/mol. The molecule has 0 saturated heterocycles. The van der Waals surface area contributed by atoms with Gasteiger partial charge in [-0.15, -0.1) is 0 Å². The van der Waals surface area contributed by atoms with Gasteiger partial charge >= 0.3 is 6.09 Å². The molecule has 11 nitrogen and oxygen atoms in total. The second-order valence-electron chi connectivity index (χ2n) is 15.2. The maximum absolute atomic E-state index is 13.9. The Hall–Kier alpha value is -4.74. The molecule has 0 heterocycles. The molecule has 6 N–H and O–H groups in total. The summed E-state index contributed by atoms with van der Waals surface area (Å²) in [6.07, 6.45) is -0.305. The molecule has 276 valence electrons. The van der Waals surface area contributed by atoms with Crippen LogP contribution in [-0.2, 0) is 32.1 Å². The fourth-order valence-corrected chi connectivity index (χ4v) is 5.88. The van der Waals surface area contributed by atoms with Crippen LogP contribution < -0.4 is 26.4 Å². The third-order valence-electron chi connectivity index (χ3n) is 8.84. The number of carbonyl (C=O) groups is 4. The molecule has 51 heavy (non-hydrogen) atoms. The number of nitrogens with one attached hydrogen (secondary N) is 5. The standard InChI is InChI=1S/C40H55N5O6/c1-38(2,3)32(34(46)41-7)42-36(48)40(50,26-28-16-11-9-12-17-28)24-15-25-45(44-35(47)33(39(4,5)6)43-37(49)51-8)27-29-20-22-31(23-21-29)30-18-13-10-14-19-30/h9-14,16-23,32-33,50H,15,24-27H2,1-8H3,(H,41,46)(H,42,48)(H,43,49)(H,44,47)/p+1/t32-,33-,40-/m1/s1. The first-order valence-corrected chi connectivity index (χ1v) is 17.4. The number of ether oxygens (including phenoxy) is 1. The third kappa shape index (κ3) is 12.2. The highest BCUT2D eigenvalue weighted by Gasteiger charge is 2.41. The zero-order chi connectivity index (χ0) is 37.8. The van der Waals surface area contributed by atoms with Gasteiger partial charge in [0.25, 0.3) is 11.8 Å². The number of hydrogen-bond donors (Lipinski definition) is 6. The minimum atomic E-state index is -1.86. The average Bonchev–Trinajstić information content (AvgIpc) is 3.08. The topological polar surface area (TPSA) is 150 Å². The van der Waals surface area contributed by atoms with Crippen molar-refractivity contribution in [2.75, 3.05) is 20.7 Å². The fraction of sp³-hybridized carbons (Fsp3) is 0.450. The normalized spacial score (nSPS) is 14.6. The van der Waals surface area contributed by atoms with E-state index in [1.54, 1.807) is 0 Å². The third-order valence-corrected chi connectivity index (χ3v) is 8.84. The molecule has 1 unspecified atom stereocenters. The molecule has 0 spiro atoms. The second-order valence-corrected chi connectivity index (χ2v) is 15.2. The Labute approximate surface area is 302 Å². The summed E-state index contributed by atoms with van der Waals surface area (Å²) in [5, 5.41) is 20.8. The molecule has 3 aromatic rings. The molecule has 3 rings (SSSR count). The van der Waals surface area contributed by atoms with E-state index in [0.29, 0.717) is 24.5 Å². The number of amides is 4. The number of likely N-dealkylation sites (N-methyl/N-ethyl adjacent to an activating group) is 1. The first-order chi connectivity index (χ1) is 24.0. The lowest BCUT2D eigenvalue weighted by Crippen LogP contribution is -3.18. The molecule has 0 aliphatic heterocycles. The maximum atomic E-state index is 13.9. The van der Waals surface area contributed by atoms with Gasteiger partial charge in [0.1, 0.15) is 24.2 Å². The van der Waals surface area contributed by atoms with Gasteiger partial charge in [0, 0.05) is 25.5 Å². The Balaban J connectivity index is 1.89. The summed E-state index contributed by atoms with van der Waals surface area (Å²) in [6.45, 7) is 11.8. The van der Waals surface area contributed by atoms with E-state index in [1.807, 2.05) is 126 Å². The first kappa shape index (κ1) is 40.7. The lowest BCUT2D eigenvalue weighted by atomic mass is 9.84. The minimum Gasteiger partial charge on any atom is -0.453 e. The summed E-state index contributed by atoms with van der Waals surface area (Å²) >= 11 is 0. The molecular formula is C40H56N5O6+. The minimum absolute atomic E-state index is 0.0298. The molecule has 0 fully saturated rings. The van der Waals surface area contributed by atoms with Gasteiger partial charge in [0.15, 0.2) is 0 Å². The summed E-state index contributed by atoms with van der Waals surface area (Å²) < 4.78 is 4.79. The molecule has 0 saturated carbocycles. The van der Waals surface area contributed by atoms with E-state index < -0.39 is 46.4 Å². The number of hydrogen-bond acceptors (Lipinski definition) is 6. The van der Waals surface area contributed by atoms with E-state index in [1.165, 1.54) is 14.2 Å². The summed E-state index contributed by atoms with van der Waals surface area (Å²) in [5.74, 6) is -1.41. The SMILES string of the molecule is CNC(=O)[C@@H](NC(=O)[C@@](O)(CCC[NH+](Cc1ccc(-c2ccccc2)cc1)NC(=O)[C@@H](NC(=O)OC)C(C)(C)C)Cc1ccccc1)C(C)(C)C. The zero-order valence-corrected chi connectivity index (χ0v) is 31.3. The number of aliphatic hydroxyl groups is 1. The quantitative estimate of drug-likeness (QED) is 0.133. The highest BCUT2D eigenvalue weighted by atomic mass is 16.5. The van der Waals surface area contributed by atoms with E-state index in [4.69, 9.17) is 4.74 Å². The Morgan fingerprint density at radius 1 is 0.725 bits per heavy atom. The predicted octanol–water partition coefficient (Wildman–Crippen LogP) is 3.57. The Kier molecular flexibility index (Phi) is 14.3. The summed E-state index contributed by atoms with van der Waals surface area (Å²) in [6, 6.07) is 25.5. The zero-order valence-electron chi connectivity index (χ0n) is 31.3. The van der Waals surface area contributed by atoms with Crippen LogP contribution in [0.15, 0.2) is 84.9 Å². The van der Waals surface area contributed by atoms with Gasteiger partial charge in [-0.2, -0.15) is 0 Å². The number of carbonyl (C=O) groups excluding carboxylic acids is 4. The summed E-state index contributed by atoms with van der Waals surface area (Å²) in [4.78, 5) is 52.6. The van der Waals surface area contributed by atoms with E-state index in [9.17, 15) is 24.3 Å². The molecule has 0 bridgehead atoms. The van der Waals surface area contributed by atoms with Crippen LogP contribution >= 0.6 is 0 Å². The van der Waals surface area contributed by atoms with Crippen molar-refractivity contribution < 1.29 is 34.0 Å². The van der Waals surface area contributed by atoms with Gasteiger partial charge in [-0.1, -0.05) is 126 Å². The molecule has 0 aliphatic rings. The number of benzene rings is 3. The van der Waals surface area contributed by atoms with E-state index in [0.717, 1.165) is 22.3 Å². The largest absolute Gasteiger partial charge is 0.453 e. The number of rotatable bonds is 15. The van der Waals surface area contributed by atoms with Gasteiger partial charge in [-0.3, -0.25) is 14.4 Å². The maximum Gasteiger partial charge on any atom is 0.407 e.